The van der Waals surface area contributed by atoms with Crippen LogP contribution < -0.4 is 5.32 Å². The minimum absolute atomic E-state index is 0.0337. The smallest absolute Gasteiger partial charge is 0.225 e. The second kappa shape index (κ2) is 7.80. The molecular weight excluding hydrogens is 306 g/mol. The summed E-state index contributed by atoms with van der Waals surface area (Å²) in [6.45, 7) is 4.10. The van der Waals surface area contributed by atoms with Crippen molar-refractivity contribution in [2.75, 3.05) is 0 Å². The van der Waals surface area contributed by atoms with E-state index in [0.717, 1.165) is 22.3 Å². The molecule has 0 saturated carbocycles. The standard InChI is InChI=1S/C23H23NO/c1-17-13-14-18(2)21(15-17)16-22(25)24-23(19-9-5-3-6-10-19)20-11-7-4-8-12-20/h3-15,23H,16H2,1-2H3,(H,24,25). The molecule has 0 saturated heterocycles. The topological polar surface area (TPSA) is 29.1 Å². The van der Waals surface area contributed by atoms with Gasteiger partial charge < -0.3 is 5.32 Å². The van der Waals surface area contributed by atoms with E-state index in [2.05, 4.69) is 54.7 Å². The van der Waals surface area contributed by atoms with Crippen molar-refractivity contribution < 1.29 is 4.79 Å². The van der Waals surface area contributed by atoms with Gasteiger partial charge in [-0.05, 0) is 36.1 Å². The number of hydrogen-bond acceptors (Lipinski definition) is 1. The van der Waals surface area contributed by atoms with E-state index in [1.54, 1.807) is 0 Å². The second-order valence-electron chi connectivity index (χ2n) is 6.43. The molecule has 0 heterocycles. The Kier molecular flexibility index (Phi) is 5.30. The third-order valence-corrected chi connectivity index (χ3v) is 4.43. The van der Waals surface area contributed by atoms with Gasteiger partial charge >= 0.3 is 0 Å². The van der Waals surface area contributed by atoms with Crippen LogP contribution in [0.2, 0.25) is 0 Å². The van der Waals surface area contributed by atoms with Crippen molar-refractivity contribution in [1.82, 2.24) is 5.32 Å². The number of aryl methyl sites for hydroxylation is 2. The van der Waals surface area contributed by atoms with Crippen LogP contribution in [0.1, 0.15) is 33.9 Å². The zero-order valence-corrected chi connectivity index (χ0v) is 14.7. The molecule has 0 aliphatic carbocycles. The zero-order valence-electron chi connectivity index (χ0n) is 14.7. The number of benzene rings is 3. The third-order valence-electron chi connectivity index (χ3n) is 4.43. The first kappa shape index (κ1) is 17.0. The van der Waals surface area contributed by atoms with Crippen molar-refractivity contribution in [2.45, 2.75) is 26.3 Å². The summed E-state index contributed by atoms with van der Waals surface area (Å²) in [6.07, 6.45) is 0.393. The van der Waals surface area contributed by atoms with E-state index in [9.17, 15) is 4.79 Å². The van der Waals surface area contributed by atoms with Gasteiger partial charge in [0.1, 0.15) is 0 Å². The van der Waals surface area contributed by atoms with Gasteiger partial charge in [0.2, 0.25) is 5.91 Å². The van der Waals surface area contributed by atoms with Crippen LogP contribution in [0, 0.1) is 13.8 Å². The molecule has 25 heavy (non-hydrogen) atoms. The largest absolute Gasteiger partial charge is 0.345 e. The first-order valence-electron chi connectivity index (χ1n) is 8.59. The summed E-state index contributed by atoms with van der Waals surface area (Å²) >= 11 is 0. The molecule has 0 unspecified atom stereocenters. The van der Waals surface area contributed by atoms with E-state index >= 15 is 0 Å². The Balaban J connectivity index is 1.83. The lowest BCUT2D eigenvalue weighted by molar-refractivity contribution is -0.120. The number of amides is 1. The summed E-state index contributed by atoms with van der Waals surface area (Å²) in [5, 5.41) is 3.21. The minimum Gasteiger partial charge on any atom is -0.345 e. The highest BCUT2D eigenvalue weighted by molar-refractivity contribution is 5.80. The van der Waals surface area contributed by atoms with Gasteiger partial charge in [-0.2, -0.15) is 0 Å². The van der Waals surface area contributed by atoms with Crippen LogP contribution in [0.3, 0.4) is 0 Å². The molecule has 0 bridgehead atoms. The lowest BCUT2D eigenvalue weighted by Crippen LogP contribution is -2.30. The van der Waals surface area contributed by atoms with Crippen molar-refractivity contribution >= 4 is 5.91 Å². The van der Waals surface area contributed by atoms with Crippen LogP contribution in [0.5, 0.6) is 0 Å². The fourth-order valence-corrected chi connectivity index (χ4v) is 3.03. The summed E-state index contributed by atoms with van der Waals surface area (Å²) in [4.78, 5) is 12.7. The average molecular weight is 329 g/mol. The maximum Gasteiger partial charge on any atom is 0.225 e. The number of carbonyl (C=O) groups excluding carboxylic acids is 1. The molecule has 0 aromatic heterocycles. The SMILES string of the molecule is Cc1ccc(C)c(CC(=O)NC(c2ccccc2)c2ccccc2)c1. The maximum atomic E-state index is 12.7. The number of carbonyl (C=O) groups is 1. The van der Waals surface area contributed by atoms with E-state index in [0.29, 0.717) is 6.42 Å². The fraction of sp³-hybridized carbons (Fsp3) is 0.174. The zero-order chi connectivity index (χ0) is 17.6. The summed E-state index contributed by atoms with van der Waals surface area (Å²) in [7, 11) is 0. The van der Waals surface area contributed by atoms with Crippen molar-refractivity contribution in [1.29, 1.82) is 0 Å². The molecular formula is C23H23NO. The second-order valence-corrected chi connectivity index (χ2v) is 6.43. The van der Waals surface area contributed by atoms with Gasteiger partial charge in [-0.3, -0.25) is 4.79 Å². The first-order valence-corrected chi connectivity index (χ1v) is 8.59. The Labute approximate surface area is 149 Å². The minimum atomic E-state index is -0.139. The molecule has 1 N–H and O–H groups in total. The van der Waals surface area contributed by atoms with Crippen LogP contribution in [0.25, 0.3) is 0 Å². The number of rotatable bonds is 5. The highest BCUT2D eigenvalue weighted by Gasteiger charge is 2.17. The van der Waals surface area contributed by atoms with E-state index in [-0.39, 0.29) is 11.9 Å². The number of hydrogen-bond donors (Lipinski definition) is 1. The Morgan fingerprint density at radius 2 is 1.40 bits per heavy atom. The molecule has 0 fully saturated rings. The molecule has 2 heteroatoms. The molecule has 0 atom stereocenters. The Bertz CT molecular complexity index is 801. The molecule has 2 nitrogen and oxygen atoms in total. The predicted octanol–water partition coefficient (Wildman–Crippen LogP) is 4.75. The molecule has 0 spiro atoms. The Morgan fingerprint density at radius 3 is 1.96 bits per heavy atom. The van der Waals surface area contributed by atoms with Crippen LogP contribution in [-0.4, -0.2) is 5.91 Å². The maximum absolute atomic E-state index is 12.7. The van der Waals surface area contributed by atoms with Gasteiger partial charge in [0.05, 0.1) is 12.5 Å². The normalized spacial score (nSPS) is 10.7. The molecule has 3 aromatic carbocycles. The summed E-state index contributed by atoms with van der Waals surface area (Å²) in [5.74, 6) is 0.0337. The van der Waals surface area contributed by atoms with Gasteiger partial charge in [-0.25, -0.2) is 0 Å². The Morgan fingerprint density at radius 1 is 0.840 bits per heavy atom. The lowest BCUT2D eigenvalue weighted by Gasteiger charge is -2.20. The summed E-state index contributed by atoms with van der Waals surface area (Å²) in [6, 6.07) is 26.3. The summed E-state index contributed by atoms with van der Waals surface area (Å²) < 4.78 is 0. The predicted molar refractivity (Wildman–Crippen MR) is 102 cm³/mol. The average Bonchev–Trinajstić information content (AvgIpc) is 2.64. The van der Waals surface area contributed by atoms with Crippen molar-refractivity contribution in [3.8, 4) is 0 Å². The van der Waals surface area contributed by atoms with Gasteiger partial charge in [0.25, 0.3) is 0 Å². The molecule has 0 radical (unpaired) electrons. The highest BCUT2D eigenvalue weighted by Crippen LogP contribution is 2.22. The third kappa shape index (κ3) is 4.36. The monoisotopic (exact) mass is 329 g/mol. The van der Waals surface area contributed by atoms with Gasteiger partial charge in [-0.15, -0.1) is 0 Å². The van der Waals surface area contributed by atoms with Crippen molar-refractivity contribution in [2.24, 2.45) is 0 Å². The number of nitrogens with one attached hydrogen (secondary N) is 1. The van der Waals surface area contributed by atoms with Crippen LogP contribution >= 0.6 is 0 Å². The van der Waals surface area contributed by atoms with Gasteiger partial charge in [0, 0.05) is 0 Å². The van der Waals surface area contributed by atoms with Crippen LogP contribution in [0.15, 0.2) is 78.9 Å². The van der Waals surface area contributed by atoms with Gasteiger partial charge in [-0.1, -0.05) is 84.4 Å². The molecule has 0 aliphatic rings. The molecule has 126 valence electrons. The van der Waals surface area contributed by atoms with Crippen molar-refractivity contribution in [3.05, 3.63) is 107 Å². The van der Waals surface area contributed by atoms with E-state index in [1.807, 2.05) is 43.3 Å². The van der Waals surface area contributed by atoms with E-state index < -0.39 is 0 Å². The Hall–Kier alpha value is -2.87. The van der Waals surface area contributed by atoms with Crippen LogP contribution in [-0.2, 0) is 11.2 Å². The first-order chi connectivity index (χ1) is 12.1. The van der Waals surface area contributed by atoms with E-state index in [1.165, 1.54) is 5.56 Å². The lowest BCUT2D eigenvalue weighted by atomic mass is 9.97. The molecule has 1 amide bonds. The molecule has 3 rings (SSSR count). The van der Waals surface area contributed by atoms with Crippen molar-refractivity contribution in [3.63, 3.8) is 0 Å². The fourth-order valence-electron chi connectivity index (χ4n) is 3.03. The molecule has 0 aliphatic heterocycles. The molecule has 3 aromatic rings. The summed E-state index contributed by atoms with van der Waals surface area (Å²) in [5.41, 5.74) is 5.58. The highest BCUT2D eigenvalue weighted by atomic mass is 16.1. The van der Waals surface area contributed by atoms with Crippen LogP contribution in [0.4, 0.5) is 0 Å². The quantitative estimate of drug-likeness (QED) is 0.719. The van der Waals surface area contributed by atoms with E-state index in [4.69, 9.17) is 0 Å². The van der Waals surface area contributed by atoms with Gasteiger partial charge in [0.15, 0.2) is 0 Å².